The zero-order chi connectivity index (χ0) is 11.1. The molecule has 16 heavy (non-hydrogen) atoms. The van der Waals surface area contributed by atoms with E-state index in [0.717, 1.165) is 22.9 Å². The summed E-state index contributed by atoms with van der Waals surface area (Å²) in [5, 5.41) is 4.56. The summed E-state index contributed by atoms with van der Waals surface area (Å²) in [7, 11) is 0. The second kappa shape index (κ2) is 4.37. The lowest BCUT2D eigenvalue weighted by Crippen LogP contribution is -2.24. The molecule has 2 aliphatic rings. The van der Waals surface area contributed by atoms with Crippen LogP contribution in [-0.4, -0.2) is 6.04 Å². The average molecular weight is 348 g/mol. The lowest BCUT2D eigenvalue weighted by atomic mass is 10.1. The molecule has 3 heteroatoms. The largest absolute Gasteiger partial charge is 0.381 e. The van der Waals surface area contributed by atoms with Gasteiger partial charge in [-0.05, 0) is 78.3 Å². The minimum Gasteiger partial charge on any atom is -0.381 e. The summed E-state index contributed by atoms with van der Waals surface area (Å²) in [6, 6.07) is 6.83. The van der Waals surface area contributed by atoms with Gasteiger partial charge in [0.1, 0.15) is 0 Å². The van der Waals surface area contributed by atoms with Crippen LogP contribution in [0.5, 0.6) is 0 Å². The first kappa shape index (κ1) is 11.1. The molecule has 86 valence electrons. The number of rotatable bonds is 4. The van der Waals surface area contributed by atoms with Crippen molar-refractivity contribution >= 4 is 39.9 Å². The van der Waals surface area contributed by atoms with E-state index in [1.54, 1.807) is 0 Å². The van der Waals surface area contributed by atoms with Gasteiger partial charge in [0.2, 0.25) is 0 Å². The van der Waals surface area contributed by atoms with Gasteiger partial charge in [-0.3, -0.25) is 0 Å². The van der Waals surface area contributed by atoms with Gasteiger partial charge >= 0.3 is 0 Å². The first-order valence-electron chi connectivity index (χ1n) is 5.95. The second-order valence-corrected chi connectivity index (χ2v) is 6.57. The smallest absolute Gasteiger partial charge is 0.0479 e. The van der Waals surface area contributed by atoms with Crippen LogP contribution in [0, 0.1) is 15.4 Å². The monoisotopic (exact) mass is 347 g/mol. The topological polar surface area (TPSA) is 12.0 Å². The highest BCUT2D eigenvalue weighted by molar-refractivity contribution is 14.1. The van der Waals surface area contributed by atoms with Crippen molar-refractivity contribution in [3.8, 4) is 0 Å². The van der Waals surface area contributed by atoms with Gasteiger partial charge in [0.15, 0.2) is 0 Å². The third-order valence-corrected chi connectivity index (χ3v) is 4.64. The predicted octanol–water partition coefficient (Wildman–Crippen LogP) is 4.55. The van der Waals surface area contributed by atoms with Crippen molar-refractivity contribution in [3.63, 3.8) is 0 Å². The van der Waals surface area contributed by atoms with Crippen molar-refractivity contribution in [2.75, 3.05) is 5.32 Å². The molecule has 3 rings (SSSR count). The molecule has 0 spiro atoms. The summed E-state index contributed by atoms with van der Waals surface area (Å²) in [5.74, 6) is 1.86. The van der Waals surface area contributed by atoms with Crippen molar-refractivity contribution in [3.05, 3.63) is 26.8 Å². The molecule has 0 bridgehead atoms. The van der Waals surface area contributed by atoms with Crippen LogP contribution >= 0.6 is 34.2 Å². The molecule has 0 heterocycles. The lowest BCUT2D eigenvalue weighted by molar-refractivity contribution is 0.567. The van der Waals surface area contributed by atoms with Crippen LogP contribution in [0.4, 0.5) is 5.69 Å². The van der Waals surface area contributed by atoms with E-state index in [-0.39, 0.29) is 0 Å². The maximum Gasteiger partial charge on any atom is 0.0479 e. The number of anilines is 1. The molecule has 0 saturated heterocycles. The second-order valence-electron chi connectivity index (χ2n) is 4.97. The number of hydrogen-bond acceptors (Lipinski definition) is 1. The van der Waals surface area contributed by atoms with Crippen LogP contribution in [0.1, 0.15) is 25.7 Å². The number of hydrogen-bond donors (Lipinski definition) is 1. The minimum atomic E-state index is 0.717. The summed E-state index contributed by atoms with van der Waals surface area (Å²) in [6.45, 7) is 0. The Hall–Kier alpha value is 0.0400. The number of halogens is 2. The van der Waals surface area contributed by atoms with Crippen LogP contribution in [0.3, 0.4) is 0 Å². The summed E-state index contributed by atoms with van der Waals surface area (Å²) in [4.78, 5) is 0. The Bertz CT molecular complexity index is 387. The molecule has 2 saturated carbocycles. The predicted molar refractivity (Wildman–Crippen MR) is 77.0 cm³/mol. The van der Waals surface area contributed by atoms with Crippen molar-refractivity contribution in [1.82, 2.24) is 0 Å². The number of benzene rings is 1. The first-order valence-corrected chi connectivity index (χ1v) is 7.41. The van der Waals surface area contributed by atoms with E-state index < -0.39 is 0 Å². The number of nitrogens with one attached hydrogen (secondary N) is 1. The van der Waals surface area contributed by atoms with Gasteiger partial charge in [-0.15, -0.1) is 0 Å². The van der Waals surface area contributed by atoms with Gasteiger partial charge < -0.3 is 5.32 Å². The Kier molecular flexibility index (Phi) is 3.05. The van der Waals surface area contributed by atoms with Gasteiger partial charge in [-0.1, -0.05) is 11.6 Å². The highest BCUT2D eigenvalue weighted by atomic mass is 127. The van der Waals surface area contributed by atoms with E-state index in [4.69, 9.17) is 11.6 Å². The molecule has 1 nitrogen and oxygen atoms in total. The zero-order valence-electron chi connectivity index (χ0n) is 9.05. The third kappa shape index (κ3) is 2.48. The SMILES string of the molecule is Clc1ccc(NC(C2CC2)C2CC2)c(I)c1. The molecular formula is C13H15ClIN. The average Bonchev–Trinajstić information content (AvgIpc) is 3.11. The van der Waals surface area contributed by atoms with Gasteiger partial charge in [0.05, 0.1) is 0 Å². The van der Waals surface area contributed by atoms with Crippen molar-refractivity contribution in [2.45, 2.75) is 31.7 Å². The van der Waals surface area contributed by atoms with E-state index in [1.807, 2.05) is 12.1 Å². The Morgan fingerprint density at radius 3 is 2.31 bits per heavy atom. The van der Waals surface area contributed by atoms with Crippen LogP contribution in [-0.2, 0) is 0 Å². The summed E-state index contributed by atoms with van der Waals surface area (Å²) in [5.41, 5.74) is 1.26. The van der Waals surface area contributed by atoms with Crippen LogP contribution in [0.2, 0.25) is 5.02 Å². The molecule has 0 unspecified atom stereocenters. The normalized spacial score (nSPS) is 20.2. The van der Waals surface area contributed by atoms with Crippen molar-refractivity contribution in [2.24, 2.45) is 11.8 Å². The third-order valence-electron chi connectivity index (χ3n) is 3.51. The highest BCUT2D eigenvalue weighted by Crippen LogP contribution is 2.46. The van der Waals surface area contributed by atoms with Crippen molar-refractivity contribution < 1.29 is 0 Å². The van der Waals surface area contributed by atoms with Crippen LogP contribution < -0.4 is 5.32 Å². The molecule has 2 aliphatic carbocycles. The molecule has 0 aliphatic heterocycles. The molecular weight excluding hydrogens is 333 g/mol. The molecule has 1 aromatic rings. The lowest BCUT2D eigenvalue weighted by Gasteiger charge is -2.20. The summed E-state index contributed by atoms with van der Waals surface area (Å²) in [6.07, 6.45) is 5.66. The Morgan fingerprint density at radius 2 is 1.81 bits per heavy atom. The quantitative estimate of drug-likeness (QED) is 0.788. The molecule has 0 atom stereocenters. The van der Waals surface area contributed by atoms with E-state index in [0.29, 0.717) is 0 Å². The van der Waals surface area contributed by atoms with Crippen molar-refractivity contribution in [1.29, 1.82) is 0 Å². The Balaban J connectivity index is 1.76. The highest BCUT2D eigenvalue weighted by Gasteiger charge is 2.41. The van der Waals surface area contributed by atoms with E-state index in [9.17, 15) is 0 Å². The molecule has 2 fully saturated rings. The Labute approximate surface area is 115 Å². The standard InChI is InChI=1S/C13H15ClIN/c14-10-5-6-12(11(15)7-10)16-13(8-1-2-8)9-3-4-9/h5-9,13,16H,1-4H2. The summed E-state index contributed by atoms with van der Waals surface area (Å²) >= 11 is 8.33. The first-order chi connectivity index (χ1) is 7.74. The van der Waals surface area contributed by atoms with Crippen LogP contribution in [0.15, 0.2) is 18.2 Å². The van der Waals surface area contributed by atoms with E-state index in [1.165, 1.54) is 34.9 Å². The van der Waals surface area contributed by atoms with E-state index in [2.05, 4.69) is 34.0 Å². The molecule has 0 amide bonds. The van der Waals surface area contributed by atoms with Gasteiger partial charge in [0, 0.05) is 20.3 Å². The minimum absolute atomic E-state index is 0.717. The van der Waals surface area contributed by atoms with Gasteiger partial charge in [-0.2, -0.15) is 0 Å². The maximum absolute atomic E-state index is 5.97. The molecule has 0 aromatic heterocycles. The fourth-order valence-electron chi connectivity index (χ4n) is 2.32. The van der Waals surface area contributed by atoms with Gasteiger partial charge in [-0.25, -0.2) is 0 Å². The fraction of sp³-hybridized carbons (Fsp3) is 0.538. The summed E-state index contributed by atoms with van der Waals surface area (Å²) < 4.78 is 1.23. The molecule has 0 radical (unpaired) electrons. The molecule has 1 N–H and O–H groups in total. The fourth-order valence-corrected chi connectivity index (χ4v) is 3.34. The van der Waals surface area contributed by atoms with Crippen LogP contribution in [0.25, 0.3) is 0 Å². The molecule has 1 aromatic carbocycles. The maximum atomic E-state index is 5.97. The zero-order valence-corrected chi connectivity index (χ0v) is 12.0. The van der Waals surface area contributed by atoms with Gasteiger partial charge in [0.25, 0.3) is 0 Å². The van der Waals surface area contributed by atoms with E-state index >= 15 is 0 Å². The Morgan fingerprint density at radius 1 is 1.19 bits per heavy atom.